The quantitative estimate of drug-likeness (QED) is 0.934. The van der Waals surface area contributed by atoms with Crippen molar-refractivity contribution in [2.75, 3.05) is 19.6 Å². The van der Waals surface area contributed by atoms with Crippen molar-refractivity contribution >= 4 is 10.9 Å². The van der Waals surface area contributed by atoms with E-state index >= 15 is 0 Å². The van der Waals surface area contributed by atoms with Crippen LogP contribution < -0.4 is 5.32 Å². The standard InChI is InChI=1S/C18H25N3/c1-3-20-11-15(16-6-4-5-7-18(16)20)12-21-10-14-8-19-9-17(14)13(21)2/h4-7,11,13-14,17,19H,3,8-10,12H2,1-2H3. The van der Waals surface area contributed by atoms with Gasteiger partial charge in [-0.1, -0.05) is 18.2 Å². The van der Waals surface area contributed by atoms with Crippen molar-refractivity contribution in [2.45, 2.75) is 33.0 Å². The molecular weight excluding hydrogens is 258 g/mol. The number of para-hydroxylation sites is 1. The van der Waals surface area contributed by atoms with E-state index in [9.17, 15) is 0 Å². The molecule has 2 aromatic rings. The summed E-state index contributed by atoms with van der Waals surface area (Å²) in [6.45, 7) is 10.5. The summed E-state index contributed by atoms with van der Waals surface area (Å²) in [4.78, 5) is 2.69. The van der Waals surface area contributed by atoms with Crippen LogP contribution in [0.3, 0.4) is 0 Å². The van der Waals surface area contributed by atoms with Gasteiger partial charge in [-0.05, 0) is 50.4 Å². The van der Waals surface area contributed by atoms with Crippen LogP contribution in [0, 0.1) is 11.8 Å². The van der Waals surface area contributed by atoms with E-state index in [1.54, 1.807) is 0 Å². The number of benzene rings is 1. The van der Waals surface area contributed by atoms with E-state index in [1.165, 1.54) is 36.1 Å². The van der Waals surface area contributed by atoms with Crippen LogP contribution in [0.1, 0.15) is 19.4 Å². The molecule has 0 amide bonds. The van der Waals surface area contributed by atoms with Gasteiger partial charge in [0.2, 0.25) is 0 Å². The fourth-order valence-corrected chi connectivity index (χ4v) is 4.39. The Kier molecular flexibility index (Phi) is 3.27. The molecule has 3 unspecified atom stereocenters. The maximum Gasteiger partial charge on any atom is 0.0483 e. The molecule has 1 aromatic carbocycles. The van der Waals surface area contributed by atoms with Crippen LogP contribution in [0.25, 0.3) is 10.9 Å². The van der Waals surface area contributed by atoms with Crippen LogP contribution in [0.5, 0.6) is 0 Å². The lowest BCUT2D eigenvalue weighted by Crippen LogP contribution is -2.32. The predicted molar refractivity (Wildman–Crippen MR) is 87.3 cm³/mol. The normalized spacial score (nSPS) is 29.3. The van der Waals surface area contributed by atoms with Crippen LogP contribution in [0.4, 0.5) is 0 Å². The minimum absolute atomic E-state index is 0.703. The van der Waals surface area contributed by atoms with E-state index in [4.69, 9.17) is 0 Å². The predicted octanol–water partition coefficient (Wildman–Crippen LogP) is 2.70. The Labute approximate surface area is 126 Å². The molecule has 3 atom stereocenters. The minimum Gasteiger partial charge on any atom is -0.347 e. The average molecular weight is 283 g/mol. The monoisotopic (exact) mass is 283 g/mol. The summed E-state index contributed by atoms with van der Waals surface area (Å²) in [5.41, 5.74) is 2.87. The van der Waals surface area contributed by atoms with Gasteiger partial charge in [-0.3, -0.25) is 4.90 Å². The summed E-state index contributed by atoms with van der Waals surface area (Å²) in [7, 11) is 0. The zero-order valence-electron chi connectivity index (χ0n) is 13.0. The SMILES string of the molecule is CCn1cc(CN2CC3CNCC3C2C)c2ccccc21. The number of hydrogen-bond acceptors (Lipinski definition) is 2. The lowest BCUT2D eigenvalue weighted by Gasteiger charge is -2.24. The van der Waals surface area contributed by atoms with E-state index in [0.717, 1.165) is 24.9 Å². The lowest BCUT2D eigenvalue weighted by molar-refractivity contribution is 0.232. The zero-order valence-corrected chi connectivity index (χ0v) is 13.0. The highest BCUT2D eigenvalue weighted by atomic mass is 15.2. The van der Waals surface area contributed by atoms with E-state index < -0.39 is 0 Å². The first kappa shape index (κ1) is 13.4. The number of aromatic nitrogens is 1. The highest BCUT2D eigenvalue weighted by Crippen LogP contribution is 2.34. The van der Waals surface area contributed by atoms with Crippen LogP contribution in [-0.2, 0) is 13.1 Å². The van der Waals surface area contributed by atoms with Crippen molar-refractivity contribution in [1.82, 2.24) is 14.8 Å². The maximum absolute atomic E-state index is 3.55. The topological polar surface area (TPSA) is 20.2 Å². The Morgan fingerprint density at radius 3 is 2.90 bits per heavy atom. The van der Waals surface area contributed by atoms with Gasteiger partial charge in [0.25, 0.3) is 0 Å². The average Bonchev–Trinajstić information content (AvgIpc) is 3.17. The van der Waals surface area contributed by atoms with Crippen LogP contribution in [0.15, 0.2) is 30.5 Å². The Morgan fingerprint density at radius 1 is 1.24 bits per heavy atom. The maximum atomic E-state index is 3.55. The fraction of sp³-hybridized carbons (Fsp3) is 0.556. The number of hydrogen-bond donors (Lipinski definition) is 1. The van der Waals surface area contributed by atoms with Gasteiger partial charge < -0.3 is 9.88 Å². The lowest BCUT2D eigenvalue weighted by atomic mass is 9.95. The van der Waals surface area contributed by atoms with Crippen LogP contribution in [0.2, 0.25) is 0 Å². The molecule has 3 nitrogen and oxygen atoms in total. The Hall–Kier alpha value is -1.32. The Balaban J connectivity index is 1.63. The number of likely N-dealkylation sites (tertiary alicyclic amines) is 1. The molecule has 0 bridgehead atoms. The van der Waals surface area contributed by atoms with Crippen molar-refractivity contribution < 1.29 is 0 Å². The van der Waals surface area contributed by atoms with Crippen molar-refractivity contribution in [3.05, 3.63) is 36.0 Å². The third kappa shape index (κ3) is 2.11. The third-order valence-electron chi connectivity index (χ3n) is 5.64. The van der Waals surface area contributed by atoms with Gasteiger partial charge >= 0.3 is 0 Å². The Bertz CT molecular complexity index is 645. The summed E-state index contributed by atoms with van der Waals surface area (Å²) in [5, 5.41) is 4.98. The van der Waals surface area contributed by atoms with Crippen LogP contribution in [-0.4, -0.2) is 35.1 Å². The minimum atomic E-state index is 0.703. The van der Waals surface area contributed by atoms with Gasteiger partial charge in [0.15, 0.2) is 0 Å². The largest absolute Gasteiger partial charge is 0.347 e. The highest BCUT2D eigenvalue weighted by Gasteiger charge is 2.41. The van der Waals surface area contributed by atoms with Crippen molar-refractivity contribution in [3.8, 4) is 0 Å². The van der Waals surface area contributed by atoms with Gasteiger partial charge in [-0.2, -0.15) is 0 Å². The summed E-state index contributed by atoms with van der Waals surface area (Å²) in [5.74, 6) is 1.71. The van der Waals surface area contributed by atoms with Crippen molar-refractivity contribution in [1.29, 1.82) is 0 Å². The molecule has 0 spiro atoms. The summed E-state index contributed by atoms with van der Waals surface area (Å²) >= 11 is 0. The fourth-order valence-electron chi connectivity index (χ4n) is 4.39. The first-order valence-electron chi connectivity index (χ1n) is 8.29. The molecule has 2 aliphatic rings. The second-order valence-corrected chi connectivity index (χ2v) is 6.71. The molecule has 3 heterocycles. The number of nitrogens with one attached hydrogen (secondary N) is 1. The van der Waals surface area contributed by atoms with Gasteiger partial charge in [0.1, 0.15) is 0 Å². The molecular formula is C18H25N3. The van der Waals surface area contributed by atoms with Gasteiger partial charge in [0.05, 0.1) is 0 Å². The van der Waals surface area contributed by atoms with Crippen LogP contribution >= 0.6 is 0 Å². The highest BCUT2D eigenvalue weighted by molar-refractivity contribution is 5.83. The molecule has 2 aliphatic heterocycles. The molecule has 0 aliphatic carbocycles. The van der Waals surface area contributed by atoms with Gasteiger partial charge in [-0.15, -0.1) is 0 Å². The molecule has 21 heavy (non-hydrogen) atoms. The van der Waals surface area contributed by atoms with Crippen molar-refractivity contribution in [3.63, 3.8) is 0 Å². The third-order valence-corrected chi connectivity index (χ3v) is 5.64. The number of fused-ring (bicyclic) bond motifs is 2. The molecule has 4 rings (SSSR count). The number of nitrogens with zero attached hydrogens (tertiary/aromatic N) is 2. The van der Waals surface area contributed by atoms with E-state index in [-0.39, 0.29) is 0 Å². The summed E-state index contributed by atoms with van der Waals surface area (Å²) in [6.07, 6.45) is 2.36. The summed E-state index contributed by atoms with van der Waals surface area (Å²) in [6, 6.07) is 9.53. The molecule has 0 saturated carbocycles. The zero-order chi connectivity index (χ0) is 14.4. The van der Waals surface area contributed by atoms with E-state index in [2.05, 4.69) is 59.1 Å². The van der Waals surface area contributed by atoms with Gasteiger partial charge in [0, 0.05) is 42.8 Å². The van der Waals surface area contributed by atoms with Crippen molar-refractivity contribution in [2.24, 2.45) is 11.8 Å². The molecule has 112 valence electrons. The first-order valence-corrected chi connectivity index (χ1v) is 8.29. The molecule has 3 heteroatoms. The molecule has 1 N–H and O–H groups in total. The summed E-state index contributed by atoms with van der Waals surface area (Å²) < 4.78 is 2.38. The van der Waals surface area contributed by atoms with E-state index in [1.807, 2.05) is 0 Å². The number of aryl methyl sites for hydroxylation is 1. The molecule has 0 radical (unpaired) electrons. The molecule has 2 saturated heterocycles. The number of rotatable bonds is 3. The first-order chi connectivity index (χ1) is 10.3. The van der Waals surface area contributed by atoms with E-state index in [0.29, 0.717) is 6.04 Å². The molecule has 2 fully saturated rings. The smallest absolute Gasteiger partial charge is 0.0483 e. The molecule has 1 aromatic heterocycles. The van der Waals surface area contributed by atoms with Gasteiger partial charge in [-0.25, -0.2) is 0 Å². The Morgan fingerprint density at radius 2 is 2.10 bits per heavy atom. The second kappa shape index (κ2) is 5.15. The second-order valence-electron chi connectivity index (χ2n) is 6.71.